The van der Waals surface area contributed by atoms with Crippen LogP contribution in [0.15, 0.2) is 21.3 Å². The van der Waals surface area contributed by atoms with Crippen molar-refractivity contribution in [1.29, 1.82) is 0 Å². The number of halogens is 1. The minimum atomic E-state index is -0.00644. The molecule has 108 valence electrons. The minimum Gasteiger partial charge on any atom is -0.508 e. The molecule has 1 atom stereocenters. The molecule has 0 unspecified atom stereocenters. The van der Waals surface area contributed by atoms with Crippen molar-refractivity contribution in [3.8, 4) is 5.75 Å². The van der Waals surface area contributed by atoms with Crippen LogP contribution in [0.1, 0.15) is 35.8 Å². The van der Waals surface area contributed by atoms with Gasteiger partial charge in [-0.2, -0.15) is 0 Å². The largest absolute Gasteiger partial charge is 0.508 e. The van der Waals surface area contributed by atoms with E-state index in [1.165, 1.54) is 0 Å². The van der Waals surface area contributed by atoms with Gasteiger partial charge in [0.1, 0.15) is 17.1 Å². The van der Waals surface area contributed by atoms with Gasteiger partial charge in [0.2, 0.25) is 0 Å². The molecule has 3 rings (SSSR count). The first-order valence-electron chi connectivity index (χ1n) is 6.59. The SMILES string of the molecule is Cc1c([C@H]2CCCN2)oc2c(C)c(O)ccc2c1=O.Cl. The van der Waals surface area contributed by atoms with Gasteiger partial charge in [0.15, 0.2) is 5.43 Å². The van der Waals surface area contributed by atoms with Gasteiger partial charge >= 0.3 is 0 Å². The number of fused-ring (bicyclic) bond motifs is 1. The van der Waals surface area contributed by atoms with Gasteiger partial charge in [-0.15, -0.1) is 12.4 Å². The molecule has 2 N–H and O–H groups in total. The van der Waals surface area contributed by atoms with Crippen molar-refractivity contribution in [3.05, 3.63) is 39.2 Å². The van der Waals surface area contributed by atoms with Crippen LogP contribution in [0.3, 0.4) is 0 Å². The van der Waals surface area contributed by atoms with Gasteiger partial charge in [-0.25, -0.2) is 0 Å². The van der Waals surface area contributed by atoms with E-state index in [1.807, 2.05) is 6.92 Å². The monoisotopic (exact) mass is 295 g/mol. The Balaban J connectivity index is 0.00000147. The molecule has 20 heavy (non-hydrogen) atoms. The molecule has 0 amide bonds. The summed E-state index contributed by atoms with van der Waals surface area (Å²) in [6.07, 6.45) is 2.07. The number of hydrogen-bond donors (Lipinski definition) is 2. The maximum absolute atomic E-state index is 12.4. The van der Waals surface area contributed by atoms with E-state index in [9.17, 15) is 9.90 Å². The van der Waals surface area contributed by atoms with Crippen LogP contribution in [0, 0.1) is 13.8 Å². The van der Waals surface area contributed by atoms with Crippen molar-refractivity contribution < 1.29 is 9.52 Å². The average molecular weight is 296 g/mol. The lowest BCUT2D eigenvalue weighted by molar-refractivity contribution is 0.446. The fraction of sp³-hybridized carbons (Fsp3) is 0.400. The summed E-state index contributed by atoms with van der Waals surface area (Å²) in [5.41, 5.74) is 1.78. The molecule has 4 nitrogen and oxygen atoms in total. The van der Waals surface area contributed by atoms with E-state index >= 15 is 0 Å². The van der Waals surface area contributed by atoms with Gasteiger partial charge in [0, 0.05) is 11.1 Å². The molecule has 1 aromatic carbocycles. The van der Waals surface area contributed by atoms with E-state index < -0.39 is 0 Å². The second kappa shape index (κ2) is 5.46. The fourth-order valence-corrected chi connectivity index (χ4v) is 2.73. The molecule has 1 aliphatic heterocycles. The smallest absolute Gasteiger partial charge is 0.195 e. The number of aromatic hydroxyl groups is 1. The van der Waals surface area contributed by atoms with Crippen LogP contribution in [0.25, 0.3) is 11.0 Å². The molecule has 0 radical (unpaired) electrons. The summed E-state index contributed by atoms with van der Waals surface area (Å²) in [4.78, 5) is 12.4. The molecule has 1 aliphatic rings. The number of phenols is 1. The molecular formula is C15H18ClNO3. The lowest BCUT2D eigenvalue weighted by Gasteiger charge is -2.14. The van der Waals surface area contributed by atoms with E-state index in [4.69, 9.17) is 4.42 Å². The van der Waals surface area contributed by atoms with Gasteiger partial charge in [0.25, 0.3) is 0 Å². The van der Waals surface area contributed by atoms with Crippen LogP contribution >= 0.6 is 12.4 Å². The third kappa shape index (κ3) is 2.19. The summed E-state index contributed by atoms with van der Waals surface area (Å²) in [6, 6.07) is 3.28. The van der Waals surface area contributed by atoms with E-state index in [1.54, 1.807) is 19.1 Å². The number of phenolic OH excluding ortho intramolecular Hbond substituents is 1. The maximum atomic E-state index is 12.4. The molecule has 2 heterocycles. The molecule has 0 spiro atoms. The Labute approximate surface area is 123 Å². The summed E-state index contributed by atoms with van der Waals surface area (Å²) < 4.78 is 5.95. The lowest BCUT2D eigenvalue weighted by Crippen LogP contribution is -2.18. The van der Waals surface area contributed by atoms with Crippen molar-refractivity contribution in [3.63, 3.8) is 0 Å². The highest BCUT2D eigenvalue weighted by atomic mass is 35.5. The summed E-state index contributed by atoms with van der Waals surface area (Å²) in [7, 11) is 0. The Morgan fingerprint density at radius 2 is 2.05 bits per heavy atom. The third-order valence-corrected chi connectivity index (χ3v) is 3.92. The van der Waals surface area contributed by atoms with Gasteiger partial charge in [-0.1, -0.05) is 0 Å². The number of benzene rings is 1. The van der Waals surface area contributed by atoms with E-state index in [0.29, 0.717) is 27.9 Å². The second-order valence-electron chi connectivity index (χ2n) is 5.16. The predicted molar refractivity (Wildman–Crippen MR) is 80.8 cm³/mol. The van der Waals surface area contributed by atoms with Crippen LogP contribution in [-0.2, 0) is 0 Å². The summed E-state index contributed by atoms with van der Waals surface area (Å²) in [5, 5.41) is 13.6. The van der Waals surface area contributed by atoms with Crippen molar-refractivity contribution >= 4 is 23.4 Å². The summed E-state index contributed by atoms with van der Waals surface area (Å²) in [6.45, 7) is 4.52. The quantitative estimate of drug-likeness (QED) is 0.849. The zero-order valence-corrected chi connectivity index (χ0v) is 12.3. The highest BCUT2D eigenvalue weighted by Gasteiger charge is 2.23. The van der Waals surface area contributed by atoms with Crippen LogP contribution in [0.4, 0.5) is 0 Å². The molecule has 0 saturated carbocycles. The Morgan fingerprint density at radius 3 is 2.70 bits per heavy atom. The lowest BCUT2D eigenvalue weighted by atomic mass is 10.0. The van der Waals surface area contributed by atoms with Gasteiger partial charge < -0.3 is 14.8 Å². The van der Waals surface area contributed by atoms with E-state index in [2.05, 4.69) is 5.32 Å². The zero-order chi connectivity index (χ0) is 13.6. The molecule has 1 aromatic heterocycles. The maximum Gasteiger partial charge on any atom is 0.195 e. The minimum absolute atomic E-state index is 0. The van der Waals surface area contributed by atoms with E-state index in [0.717, 1.165) is 19.4 Å². The predicted octanol–water partition coefficient (Wildman–Crippen LogP) is 2.96. The van der Waals surface area contributed by atoms with E-state index in [-0.39, 0.29) is 29.6 Å². The van der Waals surface area contributed by atoms with Crippen molar-refractivity contribution in [2.45, 2.75) is 32.7 Å². The van der Waals surface area contributed by atoms with Crippen molar-refractivity contribution in [2.75, 3.05) is 6.54 Å². The number of nitrogens with one attached hydrogen (secondary N) is 1. The van der Waals surface area contributed by atoms with Crippen molar-refractivity contribution in [1.82, 2.24) is 5.32 Å². The van der Waals surface area contributed by atoms with Crippen LogP contribution in [0.5, 0.6) is 5.75 Å². The van der Waals surface area contributed by atoms with Crippen LogP contribution < -0.4 is 10.7 Å². The Hall–Kier alpha value is -1.52. The molecule has 1 saturated heterocycles. The third-order valence-electron chi connectivity index (χ3n) is 3.92. The fourth-order valence-electron chi connectivity index (χ4n) is 2.73. The highest BCUT2D eigenvalue weighted by molar-refractivity contribution is 5.85. The topological polar surface area (TPSA) is 62.5 Å². The summed E-state index contributed by atoms with van der Waals surface area (Å²) in [5.74, 6) is 0.869. The molecule has 0 bridgehead atoms. The molecule has 5 heteroatoms. The number of rotatable bonds is 1. The first kappa shape index (κ1) is 14.9. The van der Waals surface area contributed by atoms with Gasteiger partial charge in [0.05, 0.1) is 11.4 Å². The number of hydrogen-bond acceptors (Lipinski definition) is 4. The number of aryl methyl sites for hydroxylation is 1. The van der Waals surface area contributed by atoms with Gasteiger partial charge in [-0.05, 0) is 45.4 Å². The van der Waals surface area contributed by atoms with Crippen LogP contribution in [-0.4, -0.2) is 11.7 Å². The first-order chi connectivity index (χ1) is 9.09. The standard InChI is InChI=1S/C15H17NO3.ClH/c1-8-12(17)6-5-10-13(18)9(2)15(19-14(8)10)11-4-3-7-16-11;/h5-6,11,16-17H,3-4,7H2,1-2H3;1H/t11-;/m1./s1. The van der Waals surface area contributed by atoms with Crippen molar-refractivity contribution in [2.24, 2.45) is 0 Å². The Morgan fingerprint density at radius 1 is 1.30 bits per heavy atom. The van der Waals surface area contributed by atoms with Gasteiger partial charge in [-0.3, -0.25) is 4.79 Å². The Bertz CT molecular complexity index is 702. The first-order valence-corrected chi connectivity index (χ1v) is 6.59. The molecule has 2 aromatic rings. The average Bonchev–Trinajstić information content (AvgIpc) is 2.92. The second-order valence-corrected chi connectivity index (χ2v) is 5.16. The normalized spacial score (nSPS) is 18.2. The molecular weight excluding hydrogens is 278 g/mol. The molecule has 1 fully saturated rings. The van der Waals surface area contributed by atoms with Crippen LogP contribution in [0.2, 0.25) is 0 Å². The molecule has 0 aliphatic carbocycles. The zero-order valence-electron chi connectivity index (χ0n) is 11.5. The Kier molecular flexibility index (Phi) is 4.06. The summed E-state index contributed by atoms with van der Waals surface area (Å²) >= 11 is 0. The highest BCUT2D eigenvalue weighted by Crippen LogP contribution is 2.30.